The molecule has 1 aromatic heterocycles. The number of carbonyl (C=O) groups is 2. The molecule has 0 spiro atoms. The number of nitrogens with zero attached hydrogens (tertiary/aromatic N) is 5. The minimum Gasteiger partial charge on any atom is -0.353 e. The first-order valence-electron chi connectivity index (χ1n) is 13.0. The first-order chi connectivity index (χ1) is 18.6. The van der Waals surface area contributed by atoms with Crippen molar-refractivity contribution in [2.24, 2.45) is 0 Å². The minimum atomic E-state index is -4.47. The van der Waals surface area contributed by atoms with E-state index < -0.39 is 33.8 Å². The molecule has 1 atom stereocenters. The van der Waals surface area contributed by atoms with E-state index in [1.54, 1.807) is 28.0 Å². The van der Waals surface area contributed by atoms with Crippen LogP contribution in [-0.2, 0) is 21.0 Å². The number of anilines is 1. The predicted molar refractivity (Wildman–Crippen MR) is 136 cm³/mol. The average Bonchev–Trinajstić information content (AvgIpc) is 3.31. The summed E-state index contributed by atoms with van der Waals surface area (Å²) in [6.07, 6.45) is 0.578. The van der Waals surface area contributed by atoms with E-state index in [0.29, 0.717) is 31.7 Å². The molecule has 2 saturated heterocycles. The molecule has 1 aliphatic carbocycles. The van der Waals surface area contributed by atoms with Crippen LogP contribution in [0.15, 0.2) is 53.6 Å². The molecule has 3 aliphatic rings. The summed E-state index contributed by atoms with van der Waals surface area (Å²) in [4.78, 5) is 36.1. The number of hydrogen-bond acceptors (Lipinski definition) is 6. The number of carbonyl (C=O) groups excluding carboxylic acids is 2. The Hall–Kier alpha value is -3.35. The zero-order valence-electron chi connectivity index (χ0n) is 21.3. The van der Waals surface area contributed by atoms with Crippen LogP contribution in [0.1, 0.15) is 37.7 Å². The van der Waals surface area contributed by atoms with Gasteiger partial charge in [0.1, 0.15) is 11.9 Å². The Morgan fingerprint density at radius 1 is 0.923 bits per heavy atom. The Bertz CT molecular complexity index is 1290. The fourth-order valence-corrected chi connectivity index (χ4v) is 6.97. The van der Waals surface area contributed by atoms with Gasteiger partial charge in [0.05, 0.1) is 17.0 Å². The summed E-state index contributed by atoms with van der Waals surface area (Å²) in [5, 5.41) is 0. The molecule has 210 valence electrons. The Morgan fingerprint density at radius 2 is 1.59 bits per heavy atom. The molecular formula is C26H30F3N5O4S. The Morgan fingerprint density at radius 3 is 2.18 bits per heavy atom. The molecule has 3 amide bonds. The monoisotopic (exact) mass is 565 g/mol. The molecule has 5 rings (SSSR count). The van der Waals surface area contributed by atoms with Gasteiger partial charge >= 0.3 is 12.2 Å². The number of pyridine rings is 1. The number of benzene rings is 1. The van der Waals surface area contributed by atoms with Gasteiger partial charge in [-0.25, -0.2) is 22.5 Å². The van der Waals surface area contributed by atoms with Gasteiger partial charge in [0.15, 0.2) is 0 Å². The fourth-order valence-electron chi connectivity index (χ4n) is 5.58. The lowest BCUT2D eigenvalue weighted by Crippen LogP contribution is -2.56. The van der Waals surface area contributed by atoms with Crippen LogP contribution < -0.4 is 4.90 Å². The van der Waals surface area contributed by atoms with E-state index in [2.05, 4.69) is 4.98 Å². The lowest BCUT2D eigenvalue weighted by atomic mass is 9.93. The number of alkyl halides is 3. The Kier molecular flexibility index (Phi) is 7.45. The van der Waals surface area contributed by atoms with Gasteiger partial charge in [0.25, 0.3) is 10.0 Å². The normalized spacial score (nSPS) is 21.5. The van der Waals surface area contributed by atoms with E-state index in [4.69, 9.17) is 0 Å². The van der Waals surface area contributed by atoms with Crippen molar-refractivity contribution in [3.8, 4) is 0 Å². The fraction of sp³-hybridized carbons (Fsp3) is 0.500. The van der Waals surface area contributed by atoms with Crippen LogP contribution in [0.3, 0.4) is 0 Å². The second-order valence-electron chi connectivity index (χ2n) is 10.1. The number of sulfonamides is 1. The molecule has 9 nitrogen and oxygen atoms in total. The summed E-state index contributed by atoms with van der Waals surface area (Å²) in [6, 6.07) is 8.18. The van der Waals surface area contributed by atoms with Crippen molar-refractivity contribution in [1.82, 2.24) is 19.1 Å². The van der Waals surface area contributed by atoms with Crippen molar-refractivity contribution in [3.63, 3.8) is 0 Å². The number of amides is 3. The summed E-state index contributed by atoms with van der Waals surface area (Å²) < 4.78 is 66.2. The first kappa shape index (κ1) is 27.2. The standard InChI is InChI=1S/C26H30F3N5O4S/c27-26(28,29)19-11-12-23(30-17-19)31-13-15-32(16-14-31)24(35)22-18-33(39(37,38)21-9-5-2-6-10-21)25(36)34(22)20-7-3-1-4-8-20/h2,5-6,9-12,17,20,22H,1,3-4,7-8,13-16,18H2. The number of rotatable bonds is 5. The molecule has 0 radical (unpaired) electrons. The van der Waals surface area contributed by atoms with E-state index in [9.17, 15) is 31.2 Å². The minimum absolute atomic E-state index is 0.00676. The van der Waals surface area contributed by atoms with Gasteiger partial charge in [0, 0.05) is 38.4 Å². The average molecular weight is 566 g/mol. The molecule has 3 heterocycles. The van der Waals surface area contributed by atoms with Gasteiger partial charge in [-0.1, -0.05) is 37.5 Å². The smallest absolute Gasteiger partial charge is 0.353 e. The van der Waals surface area contributed by atoms with Crippen LogP contribution in [0.25, 0.3) is 0 Å². The predicted octanol–water partition coefficient (Wildman–Crippen LogP) is 3.58. The summed E-state index contributed by atoms with van der Waals surface area (Å²) >= 11 is 0. The molecule has 1 unspecified atom stereocenters. The van der Waals surface area contributed by atoms with E-state index in [1.165, 1.54) is 23.1 Å². The van der Waals surface area contributed by atoms with Crippen LogP contribution in [0.5, 0.6) is 0 Å². The Labute approximate surface area is 225 Å². The van der Waals surface area contributed by atoms with Gasteiger partial charge in [0.2, 0.25) is 5.91 Å². The number of hydrogen-bond donors (Lipinski definition) is 0. The lowest BCUT2D eigenvalue weighted by Gasteiger charge is -2.39. The van der Waals surface area contributed by atoms with Gasteiger partial charge < -0.3 is 14.7 Å². The van der Waals surface area contributed by atoms with Gasteiger partial charge in [-0.15, -0.1) is 0 Å². The molecule has 0 N–H and O–H groups in total. The zero-order chi connectivity index (χ0) is 27.8. The summed E-state index contributed by atoms with van der Waals surface area (Å²) in [5.74, 6) is 0.0646. The van der Waals surface area contributed by atoms with E-state index in [1.807, 2.05) is 0 Å². The maximum absolute atomic E-state index is 13.8. The lowest BCUT2D eigenvalue weighted by molar-refractivity contribution is -0.138. The molecule has 2 aromatic rings. The van der Waals surface area contributed by atoms with E-state index in [0.717, 1.165) is 35.8 Å². The van der Waals surface area contributed by atoms with Crippen molar-refractivity contribution in [3.05, 3.63) is 54.2 Å². The maximum atomic E-state index is 13.8. The first-order valence-corrected chi connectivity index (χ1v) is 14.5. The SMILES string of the molecule is O=C(C1CN(S(=O)(=O)c2ccccc2)C(=O)N1C1CCCCC1)N1CCN(c2ccc(C(F)(F)F)cn2)CC1. The van der Waals surface area contributed by atoms with Crippen molar-refractivity contribution < 1.29 is 31.2 Å². The molecular weight excluding hydrogens is 535 g/mol. The Balaban J connectivity index is 1.32. The number of halogens is 3. The summed E-state index contributed by atoms with van der Waals surface area (Å²) in [7, 11) is -4.14. The van der Waals surface area contributed by atoms with Crippen molar-refractivity contribution >= 4 is 27.8 Å². The highest BCUT2D eigenvalue weighted by Gasteiger charge is 2.50. The van der Waals surface area contributed by atoms with Gasteiger partial charge in [-0.05, 0) is 37.1 Å². The van der Waals surface area contributed by atoms with Crippen molar-refractivity contribution in [1.29, 1.82) is 0 Å². The number of piperazine rings is 1. The van der Waals surface area contributed by atoms with Crippen LogP contribution in [0, 0.1) is 0 Å². The van der Waals surface area contributed by atoms with Crippen LogP contribution in [0.4, 0.5) is 23.8 Å². The molecule has 1 aromatic carbocycles. The maximum Gasteiger partial charge on any atom is 0.417 e. The quantitative estimate of drug-likeness (QED) is 0.550. The molecule has 3 fully saturated rings. The highest BCUT2D eigenvalue weighted by Crippen LogP contribution is 2.33. The van der Waals surface area contributed by atoms with Gasteiger partial charge in [-0.3, -0.25) is 4.79 Å². The highest BCUT2D eigenvalue weighted by atomic mass is 32.2. The molecule has 13 heteroatoms. The van der Waals surface area contributed by atoms with E-state index >= 15 is 0 Å². The van der Waals surface area contributed by atoms with Crippen LogP contribution in [0.2, 0.25) is 0 Å². The molecule has 39 heavy (non-hydrogen) atoms. The summed E-state index contributed by atoms with van der Waals surface area (Å²) in [5.41, 5.74) is -0.830. The van der Waals surface area contributed by atoms with E-state index in [-0.39, 0.29) is 36.5 Å². The van der Waals surface area contributed by atoms with Crippen LogP contribution >= 0.6 is 0 Å². The third kappa shape index (κ3) is 5.41. The second kappa shape index (κ2) is 10.7. The van der Waals surface area contributed by atoms with Crippen molar-refractivity contribution in [2.75, 3.05) is 37.6 Å². The topological polar surface area (TPSA) is 94.1 Å². The van der Waals surface area contributed by atoms with Crippen molar-refractivity contribution in [2.45, 2.75) is 55.3 Å². The third-order valence-corrected chi connectivity index (χ3v) is 9.44. The molecule has 0 bridgehead atoms. The zero-order valence-corrected chi connectivity index (χ0v) is 22.1. The largest absolute Gasteiger partial charge is 0.417 e. The molecule has 1 saturated carbocycles. The number of aromatic nitrogens is 1. The third-order valence-electron chi connectivity index (χ3n) is 7.68. The number of urea groups is 1. The highest BCUT2D eigenvalue weighted by molar-refractivity contribution is 7.89. The molecule has 2 aliphatic heterocycles. The van der Waals surface area contributed by atoms with Crippen LogP contribution in [-0.4, -0.2) is 84.3 Å². The second-order valence-corrected chi connectivity index (χ2v) is 11.9. The summed E-state index contributed by atoms with van der Waals surface area (Å²) in [6.45, 7) is 0.985. The van der Waals surface area contributed by atoms with Gasteiger partial charge in [-0.2, -0.15) is 13.2 Å².